The highest BCUT2D eigenvalue weighted by atomic mass is 32.2. The van der Waals surface area contributed by atoms with Crippen LogP contribution in [0.15, 0.2) is 45.6 Å². The van der Waals surface area contributed by atoms with Gasteiger partial charge >= 0.3 is 5.97 Å². The van der Waals surface area contributed by atoms with Gasteiger partial charge in [-0.25, -0.2) is 8.42 Å². The topological polar surface area (TPSA) is 129 Å². The number of amides is 1. The molecule has 0 unspecified atom stereocenters. The fourth-order valence-electron chi connectivity index (χ4n) is 2.76. The summed E-state index contributed by atoms with van der Waals surface area (Å²) in [5, 5.41) is 20.1. The van der Waals surface area contributed by atoms with Gasteiger partial charge in [-0.05, 0) is 18.6 Å². The first-order valence-corrected chi connectivity index (χ1v) is 10.3. The third kappa shape index (κ3) is 4.10. The molecule has 1 saturated heterocycles. The lowest BCUT2D eigenvalue weighted by atomic mass is 10.1. The van der Waals surface area contributed by atoms with Gasteiger partial charge in [0.2, 0.25) is 14.8 Å². The van der Waals surface area contributed by atoms with Gasteiger partial charge in [-0.3, -0.25) is 9.59 Å². The summed E-state index contributed by atoms with van der Waals surface area (Å²) in [7, 11) is -3.67. The predicted molar refractivity (Wildman–Crippen MR) is 94.7 cm³/mol. The molecule has 2 heterocycles. The minimum Gasteiger partial charge on any atom is -0.481 e. The van der Waals surface area contributed by atoms with Crippen LogP contribution in [0.2, 0.25) is 0 Å². The van der Waals surface area contributed by atoms with E-state index in [2.05, 4.69) is 4.99 Å². The lowest BCUT2D eigenvalue weighted by Gasteiger charge is -2.15. The molecule has 2 N–H and O–H groups in total. The van der Waals surface area contributed by atoms with Gasteiger partial charge in [0, 0.05) is 18.5 Å². The molecule has 3 rings (SSSR count). The number of aromatic nitrogens is 1. The van der Waals surface area contributed by atoms with Crippen molar-refractivity contribution in [1.29, 1.82) is 0 Å². The first-order chi connectivity index (χ1) is 12.8. The van der Waals surface area contributed by atoms with Crippen LogP contribution in [-0.4, -0.2) is 52.7 Å². The van der Waals surface area contributed by atoms with E-state index in [-0.39, 0.29) is 28.5 Å². The van der Waals surface area contributed by atoms with Crippen molar-refractivity contribution in [2.24, 2.45) is 10.9 Å². The Morgan fingerprint density at radius 3 is 2.63 bits per heavy atom. The number of hydrogen-bond donors (Lipinski definition) is 2. The number of benzene rings is 1. The number of sulfonamides is 1. The molecule has 1 aromatic carbocycles. The zero-order chi connectivity index (χ0) is 19.6. The number of hydrogen-bond acceptors (Lipinski definition) is 6. The van der Waals surface area contributed by atoms with E-state index in [0.717, 1.165) is 11.3 Å². The van der Waals surface area contributed by atoms with Gasteiger partial charge in [0.1, 0.15) is 0 Å². The summed E-state index contributed by atoms with van der Waals surface area (Å²) in [4.78, 5) is 27.1. The molecule has 1 atom stereocenters. The number of carboxylic acid groups (broad SMARTS) is 1. The number of nitrogens with zero attached hydrogens (tertiary/aromatic N) is 3. The summed E-state index contributed by atoms with van der Waals surface area (Å²) >= 11 is 0.939. The molecule has 27 heavy (non-hydrogen) atoms. The Balaban J connectivity index is 1.75. The molecule has 1 aliphatic rings. The number of carboxylic acids is 1. The van der Waals surface area contributed by atoms with Crippen molar-refractivity contribution < 1.29 is 28.3 Å². The number of carbonyl (C=O) groups is 2. The summed E-state index contributed by atoms with van der Waals surface area (Å²) in [6.07, 6.45) is -0.0730. The molecular weight excluding hydrogens is 394 g/mol. The Morgan fingerprint density at radius 2 is 1.96 bits per heavy atom. The van der Waals surface area contributed by atoms with Gasteiger partial charge in [-0.2, -0.15) is 14.0 Å². The van der Waals surface area contributed by atoms with Gasteiger partial charge in [-0.15, -0.1) is 11.3 Å². The highest BCUT2D eigenvalue weighted by molar-refractivity contribution is 7.89. The highest BCUT2D eigenvalue weighted by Gasteiger charge is 2.35. The lowest BCUT2D eigenvalue weighted by molar-refractivity contribution is -0.136. The molecule has 0 spiro atoms. The molecule has 11 heteroatoms. The molecule has 0 aliphatic carbocycles. The Kier molecular flexibility index (Phi) is 5.44. The molecule has 9 nitrogen and oxygen atoms in total. The molecule has 0 saturated carbocycles. The van der Waals surface area contributed by atoms with Crippen molar-refractivity contribution in [1.82, 2.24) is 9.04 Å². The normalized spacial score (nSPS) is 18.7. The third-order valence-electron chi connectivity index (χ3n) is 4.17. The van der Waals surface area contributed by atoms with Gasteiger partial charge < -0.3 is 10.3 Å². The van der Waals surface area contributed by atoms with Crippen LogP contribution in [0, 0.1) is 5.92 Å². The Bertz CT molecular complexity index is 1030. The number of carbonyl (C=O) groups excluding carboxylic acids is 1. The van der Waals surface area contributed by atoms with Gasteiger partial charge in [0.15, 0.2) is 0 Å². The molecule has 0 radical (unpaired) electrons. The van der Waals surface area contributed by atoms with Gasteiger partial charge in [-0.1, -0.05) is 18.2 Å². The molecule has 0 bridgehead atoms. The maximum Gasteiger partial charge on any atom is 0.309 e. The minimum absolute atomic E-state index is 0.0122. The Morgan fingerprint density at radius 1 is 1.26 bits per heavy atom. The van der Waals surface area contributed by atoms with E-state index in [4.69, 9.17) is 5.11 Å². The van der Waals surface area contributed by atoms with Crippen molar-refractivity contribution in [3.05, 3.63) is 46.2 Å². The number of aliphatic carboxylic acids is 1. The maximum absolute atomic E-state index is 12.6. The first-order valence-electron chi connectivity index (χ1n) is 8.03. The third-order valence-corrected chi connectivity index (χ3v) is 6.92. The first kappa shape index (κ1) is 19.3. The quantitative estimate of drug-likeness (QED) is 0.692. The summed E-state index contributed by atoms with van der Waals surface area (Å²) < 4.78 is 27.0. The molecule has 1 amide bonds. The van der Waals surface area contributed by atoms with Crippen LogP contribution in [-0.2, 0) is 26.0 Å². The second-order valence-corrected chi connectivity index (χ2v) is 8.78. The van der Waals surface area contributed by atoms with E-state index < -0.39 is 34.2 Å². The lowest BCUT2D eigenvalue weighted by Crippen LogP contribution is -2.30. The zero-order valence-electron chi connectivity index (χ0n) is 14.1. The molecule has 1 aliphatic heterocycles. The van der Waals surface area contributed by atoms with Crippen molar-refractivity contribution >= 4 is 33.2 Å². The fourth-order valence-corrected chi connectivity index (χ4v) is 5.07. The second kappa shape index (κ2) is 7.62. The SMILES string of the molecule is O=C(O)Cc1csc(=NC(=O)[C@@H]2CCN(S(=O)(=O)c3ccccc3)C2)n1O. The zero-order valence-corrected chi connectivity index (χ0v) is 15.7. The van der Waals surface area contributed by atoms with Crippen molar-refractivity contribution in [3.63, 3.8) is 0 Å². The van der Waals surface area contributed by atoms with Crippen LogP contribution >= 0.6 is 11.3 Å². The molecule has 1 fully saturated rings. The molecule has 1 aromatic heterocycles. The smallest absolute Gasteiger partial charge is 0.309 e. The monoisotopic (exact) mass is 411 g/mol. The van der Waals surface area contributed by atoms with Crippen LogP contribution in [0.25, 0.3) is 0 Å². The molecular formula is C16H17N3O6S2. The van der Waals surface area contributed by atoms with E-state index in [1.54, 1.807) is 18.2 Å². The number of rotatable bonds is 5. The minimum atomic E-state index is -3.67. The van der Waals surface area contributed by atoms with Crippen LogP contribution in [0.1, 0.15) is 12.1 Å². The van der Waals surface area contributed by atoms with E-state index >= 15 is 0 Å². The van der Waals surface area contributed by atoms with Crippen molar-refractivity contribution in [2.45, 2.75) is 17.7 Å². The van der Waals surface area contributed by atoms with Crippen LogP contribution in [0.3, 0.4) is 0 Å². The molecule has 2 aromatic rings. The fraction of sp³-hybridized carbons (Fsp3) is 0.312. The average Bonchev–Trinajstić information content (AvgIpc) is 3.25. The number of thiazole rings is 1. The maximum atomic E-state index is 12.6. The summed E-state index contributed by atoms with van der Waals surface area (Å²) in [5.41, 5.74) is 0.110. The molecule has 144 valence electrons. The van der Waals surface area contributed by atoms with Gasteiger partial charge in [0.25, 0.3) is 5.91 Å². The van der Waals surface area contributed by atoms with E-state index in [1.807, 2.05) is 0 Å². The average molecular weight is 411 g/mol. The van der Waals surface area contributed by atoms with Crippen molar-refractivity contribution in [2.75, 3.05) is 13.1 Å². The Hall–Kier alpha value is -2.50. The summed E-state index contributed by atoms with van der Waals surface area (Å²) in [6, 6.07) is 7.98. The largest absolute Gasteiger partial charge is 0.481 e. The van der Waals surface area contributed by atoms with E-state index in [9.17, 15) is 23.2 Å². The standard InChI is InChI=1S/C16H17N3O6S2/c20-14(21)8-12-10-26-16(19(12)23)17-15(22)11-6-7-18(9-11)27(24,25)13-4-2-1-3-5-13/h1-5,10-11,23H,6-9H2,(H,20,21)/t11-/m1/s1. The van der Waals surface area contributed by atoms with Crippen LogP contribution in [0.4, 0.5) is 0 Å². The van der Waals surface area contributed by atoms with Gasteiger partial charge in [0.05, 0.1) is 22.9 Å². The highest BCUT2D eigenvalue weighted by Crippen LogP contribution is 2.25. The van der Waals surface area contributed by atoms with Crippen molar-refractivity contribution in [3.8, 4) is 0 Å². The predicted octanol–water partition coefficient (Wildman–Crippen LogP) is 0.552. The van der Waals surface area contributed by atoms with E-state index in [0.29, 0.717) is 11.2 Å². The summed E-state index contributed by atoms with van der Waals surface area (Å²) in [6.45, 7) is 0.218. The van der Waals surface area contributed by atoms with Crippen LogP contribution in [0.5, 0.6) is 0 Å². The van der Waals surface area contributed by atoms with Crippen LogP contribution < -0.4 is 4.80 Å². The van der Waals surface area contributed by atoms with E-state index in [1.165, 1.54) is 21.8 Å². The second-order valence-electron chi connectivity index (χ2n) is 6.00. The summed E-state index contributed by atoms with van der Waals surface area (Å²) in [5.74, 6) is -2.29. The Labute approximate surface area is 158 Å².